The number of fused-ring (bicyclic) bond motifs is 1. The maximum absolute atomic E-state index is 12.9. The van der Waals surface area contributed by atoms with E-state index in [0.717, 1.165) is 19.3 Å². The van der Waals surface area contributed by atoms with E-state index >= 15 is 0 Å². The zero-order valence-corrected chi connectivity index (χ0v) is 20.3. The van der Waals surface area contributed by atoms with Crippen LogP contribution in [0.25, 0.3) is 0 Å². The summed E-state index contributed by atoms with van der Waals surface area (Å²) in [5.41, 5.74) is 3.69. The van der Waals surface area contributed by atoms with E-state index in [1.54, 1.807) is 4.90 Å². The van der Waals surface area contributed by atoms with Crippen LogP contribution in [0.2, 0.25) is 0 Å². The zero-order chi connectivity index (χ0) is 24.3. The predicted molar refractivity (Wildman–Crippen MR) is 128 cm³/mol. The summed E-state index contributed by atoms with van der Waals surface area (Å²) in [5.74, 6) is -0.285. The largest absolute Gasteiger partial charge is 0.340 e. The number of hydrogen-bond donors (Lipinski definition) is 0. The summed E-state index contributed by atoms with van der Waals surface area (Å²) in [6.45, 7) is 2.40. The fourth-order valence-corrected chi connectivity index (χ4v) is 6.04. The molecular formula is C26H30N2O5S. The number of nitrogens with zero attached hydrogens (tertiary/aromatic N) is 2. The lowest BCUT2D eigenvalue weighted by Gasteiger charge is -2.34. The quantitative estimate of drug-likeness (QED) is 0.565. The van der Waals surface area contributed by atoms with E-state index in [9.17, 15) is 22.8 Å². The number of carbonyl (C=O) groups excluding carboxylic acids is 3. The molecule has 0 radical (unpaired) electrons. The van der Waals surface area contributed by atoms with E-state index < -0.39 is 10.0 Å². The first-order valence-electron chi connectivity index (χ1n) is 11.8. The van der Waals surface area contributed by atoms with Crippen molar-refractivity contribution in [2.75, 3.05) is 26.2 Å². The molecule has 2 aromatic carbocycles. The SMILES string of the molecule is CC(=O)c1ccc(S(=O)(=O)N2CCN(C(=O)CCC(=O)c3ccc4c(c3)CCCC4)CC2)cc1. The Bertz CT molecular complexity index is 1200. The second-order valence-electron chi connectivity index (χ2n) is 8.98. The van der Waals surface area contributed by atoms with Crippen molar-refractivity contribution in [3.8, 4) is 0 Å². The van der Waals surface area contributed by atoms with Crippen LogP contribution in [-0.4, -0.2) is 61.3 Å². The lowest BCUT2D eigenvalue weighted by molar-refractivity contribution is -0.132. The lowest BCUT2D eigenvalue weighted by atomic mass is 9.89. The number of ketones is 2. The third-order valence-electron chi connectivity index (χ3n) is 6.73. The Labute approximate surface area is 200 Å². The number of aryl methyl sites for hydroxylation is 2. The van der Waals surface area contributed by atoms with Gasteiger partial charge in [-0.15, -0.1) is 0 Å². The summed E-state index contributed by atoms with van der Waals surface area (Å²) in [6.07, 6.45) is 4.68. The molecule has 180 valence electrons. The summed E-state index contributed by atoms with van der Waals surface area (Å²) >= 11 is 0. The third-order valence-corrected chi connectivity index (χ3v) is 8.64. The number of hydrogen-bond acceptors (Lipinski definition) is 5. The maximum Gasteiger partial charge on any atom is 0.243 e. The minimum absolute atomic E-state index is 0.0306. The Balaban J connectivity index is 1.29. The molecule has 1 aliphatic heterocycles. The predicted octanol–water partition coefficient (Wildman–Crippen LogP) is 3.26. The van der Waals surface area contributed by atoms with Gasteiger partial charge in [-0.1, -0.05) is 24.3 Å². The molecule has 0 unspecified atom stereocenters. The van der Waals surface area contributed by atoms with Gasteiger partial charge in [0.1, 0.15) is 0 Å². The van der Waals surface area contributed by atoms with Crippen molar-refractivity contribution in [3.05, 3.63) is 64.7 Å². The van der Waals surface area contributed by atoms with Gasteiger partial charge >= 0.3 is 0 Å². The number of amides is 1. The fourth-order valence-electron chi connectivity index (χ4n) is 4.62. The van der Waals surface area contributed by atoms with E-state index in [1.165, 1.54) is 53.0 Å². The average molecular weight is 483 g/mol. The normalized spacial score (nSPS) is 16.7. The summed E-state index contributed by atoms with van der Waals surface area (Å²) in [5, 5.41) is 0. The van der Waals surface area contributed by atoms with Gasteiger partial charge in [-0.25, -0.2) is 8.42 Å². The molecular weight excluding hydrogens is 452 g/mol. The van der Waals surface area contributed by atoms with Crippen molar-refractivity contribution in [3.63, 3.8) is 0 Å². The first kappa shape index (κ1) is 24.3. The van der Waals surface area contributed by atoms with Crippen LogP contribution >= 0.6 is 0 Å². The summed E-state index contributed by atoms with van der Waals surface area (Å²) in [6, 6.07) is 11.8. The molecule has 0 bridgehead atoms. The maximum atomic E-state index is 12.9. The van der Waals surface area contributed by atoms with Crippen molar-refractivity contribution in [2.45, 2.75) is 50.3 Å². The molecule has 0 N–H and O–H groups in total. The van der Waals surface area contributed by atoms with Gasteiger partial charge in [-0.2, -0.15) is 4.31 Å². The van der Waals surface area contributed by atoms with Crippen molar-refractivity contribution >= 4 is 27.5 Å². The molecule has 7 nitrogen and oxygen atoms in total. The van der Waals surface area contributed by atoms with Crippen LogP contribution in [0.5, 0.6) is 0 Å². The number of benzene rings is 2. The van der Waals surface area contributed by atoms with Gasteiger partial charge in [-0.3, -0.25) is 14.4 Å². The summed E-state index contributed by atoms with van der Waals surface area (Å²) in [4.78, 5) is 38.5. The average Bonchev–Trinajstić information content (AvgIpc) is 2.86. The van der Waals surface area contributed by atoms with Crippen molar-refractivity contribution in [1.82, 2.24) is 9.21 Å². The molecule has 8 heteroatoms. The summed E-state index contributed by atoms with van der Waals surface area (Å²) in [7, 11) is -3.69. The molecule has 0 saturated carbocycles. The van der Waals surface area contributed by atoms with Gasteiger partial charge in [0.15, 0.2) is 11.6 Å². The summed E-state index contributed by atoms with van der Waals surface area (Å²) < 4.78 is 27.2. The van der Waals surface area contributed by atoms with Gasteiger partial charge in [0.05, 0.1) is 4.90 Å². The van der Waals surface area contributed by atoms with Gasteiger partial charge in [0, 0.05) is 50.1 Å². The molecule has 2 aliphatic rings. The molecule has 0 aromatic heterocycles. The molecule has 1 saturated heterocycles. The van der Waals surface area contributed by atoms with Gasteiger partial charge in [0.2, 0.25) is 15.9 Å². The Morgan fingerprint density at radius 3 is 2.06 bits per heavy atom. The highest BCUT2D eigenvalue weighted by molar-refractivity contribution is 7.89. The Kier molecular flexibility index (Phi) is 7.28. The van der Waals surface area contributed by atoms with Crippen molar-refractivity contribution in [2.24, 2.45) is 0 Å². The lowest BCUT2D eigenvalue weighted by Crippen LogP contribution is -2.50. The second-order valence-corrected chi connectivity index (χ2v) is 10.9. The van der Waals surface area contributed by atoms with E-state index in [-0.39, 0.29) is 61.4 Å². The Morgan fingerprint density at radius 1 is 0.794 bits per heavy atom. The van der Waals surface area contributed by atoms with Crippen LogP contribution in [0.4, 0.5) is 0 Å². The molecule has 0 atom stereocenters. The van der Waals surface area contributed by atoms with E-state index in [1.807, 2.05) is 18.2 Å². The van der Waals surface area contributed by atoms with Crippen LogP contribution in [0.1, 0.15) is 64.4 Å². The van der Waals surface area contributed by atoms with Crippen LogP contribution in [-0.2, 0) is 27.7 Å². The molecule has 34 heavy (non-hydrogen) atoms. The first-order valence-corrected chi connectivity index (χ1v) is 13.2. The smallest absolute Gasteiger partial charge is 0.243 e. The Morgan fingerprint density at radius 2 is 1.41 bits per heavy atom. The molecule has 1 heterocycles. The number of rotatable bonds is 7. The Hall–Kier alpha value is -2.84. The molecule has 1 amide bonds. The van der Waals surface area contributed by atoms with Crippen LogP contribution < -0.4 is 0 Å². The zero-order valence-electron chi connectivity index (χ0n) is 19.5. The topological polar surface area (TPSA) is 91.8 Å². The van der Waals surface area contributed by atoms with Crippen LogP contribution in [0.15, 0.2) is 47.4 Å². The highest BCUT2D eigenvalue weighted by atomic mass is 32.2. The highest BCUT2D eigenvalue weighted by Crippen LogP contribution is 2.23. The molecule has 0 spiro atoms. The number of Topliss-reactive ketones (excluding diaryl/α,β-unsaturated/α-hetero) is 2. The highest BCUT2D eigenvalue weighted by Gasteiger charge is 2.30. The standard InChI is InChI=1S/C26H30N2O5S/c1-19(29)20-8-10-24(11-9-20)34(32,33)28-16-14-27(15-17-28)26(31)13-12-25(30)23-7-6-21-4-2-3-5-22(21)18-23/h6-11,18H,2-5,12-17H2,1H3. The fraction of sp³-hybridized carbons (Fsp3) is 0.423. The van der Waals surface area contributed by atoms with Gasteiger partial charge in [0.25, 0.3) is 0 Å². The molecule has 2 aromatic rings. The van der Waals surface area contributed by atoms with Gasteiger partial charge in [-0.05, 0) is 61.9 Å². The van der Waals surface area contributed by atoms with Crippen LogP contribution in [0, 0.1) is 0 Å². The number of sulfonamides is 1. The molecule has 4 rings (SSSR count). The van der Waals surface area contributed by atoms with Crippen molar-refractivity contribution in [1.29, 1.82) is 0 Å². The second kappa shape index (κ2) is 10.2. The third kappa shape index (κ3) is 5.28. The van der Waals surface area contributed by atoms with E-state index in [2.05, 4.69) is 0 Å². The number of piperazine rings is 1. The van der Waals surface area contributed by atoms with E-state index in [4.69, 9.17) is 0 Å². The first-order chi connectivity index (χ1) is 16.3. The minimum Gasteiger partial charge on any atom is -0.340 e. The monoisotopic (exact) mass is 482 g/mol. The molecule has 1 aliphatic carbocycles. The van der Waals surface area contributed by atoms with Gasteiger partial charge < -0.3 is 4.90 Å². The molecule has 1 fully saturated rings. The van der Waals surface area contributed by atoms with Crippen molar-refractivity contribution < 1.29 is 22.8 Å². The minimum atomic E-state index is -3.69. The number of carbonyl (C=O) groups is 3. The van der Waals surface area contributed by atoms with Crippen LogP contribution in [0.3, 0.4) is 0 Å². The van der Waals surface area contributed by atoms with E-state index in [0.29, 0.717) is 11.1 Å².